The highest BCUT2D eigenvalue weighted by Gasteiger charge is 2.31. The largest absolute Gasteiger partial charge is 0.356 e. The molecule has 4 nitrogen and oxygen atoms in total. The fourth-order valence-electron chi connectivity index (χ4n) is 3.40. The van der Waals surface area contributed by atoms with Crippen molar-refractivity contribution < 1.29 is 0 Å². The summed E-state index contributed by atoms with van der Waals surface area (Å²) in [7, 11) is 0. The zero-order valence-electron chi connectivity index (χ0n) is 14.8. The maximum absolute atomic E-state index is 4.92. The number of nitrogens with zero attached hydrogens (tertiary/aromatic N) is 3. The highest BCUT2D eigenvalue weighted by molar-refractivity contribution is 5.84. The second-order valence-electron chi connectivity index (χ2n) is 8.62. The van der Waals surface area contributed by atoms with E-state index in [0.29, 0.717) is 0 Å². The third kappa shape index (κ3) is 3.08. The molecule has 4 heteroatoms. The first-order valence-corrected chi connectivity index (χ1v) is 9.03. The molecular formula is C19H28N4. The number of pyridine rings is 1. The van der Waals surface area contributed by atoms with Crippen LogP contribution in [0.3, 0.4) is 0 Å². The van der Waals surface area contributed by atoms with Crippen molar-refractivity contribution in [2.75, 3.05) is 18.0 Å². The molecule has 0 aliphatic heterocycles. The summed E-state index contributed by atoms with van der Waals surface area (Å²) in [5, 5.41) is 8.80. The van der Waals surface area contributed by atoms with E-state index in [1.165, 1.54) is 49.7 Å². The van der Waals surface area contributed by atoms with Gasteiger partial charge in [0.2, 0.25) is 0 Å². The molecule has 0 amide bonds. The molecule has 0 radical (unpaired) electrons. The highest BCUT2D eigenvalue weighted by atomic mass is 15.2. The molecule has 1 N–H and O–H groups in total. The Labute approximate surface area is 138 Å². The Hall–Kier alpha value is -1.58. The fraction of sp³-hybridized carbons (Fsp3) is 0.684. The van der Waals surface area contributed by atoms with E-state index in [-0.39, 0.29) is 5.41 Å². The van der Waals surface area contributed by atoms with Crippen LogP contribution in [0.1, 0.15) is 57.7 Å². The number of fused-ring (bicyclic) bond motifs is 1. The van der Waals surface area contributed by atoms with Crippen LogP contribution in [0.25, 0.3) is 11.0 Å². The van der Waals surface area contributed by atoms with Crippen molar-refractivity contribution in [1.29, 1.82) is 0 Å². The van der Waals surface area contributed by atoms with Gasteiger partial charge in [-0.3, -0.25) is 5.10 Å². The second kappa shape index (κ2) is 5.22. The van der Waals surface area contributed by atoms with Gasteiger partial charge in [-0.15, -0.1) is 0 Å². The molecule has 2 aromatic heterocycles. The van der Waals surface area contributed by atoms with E-state index < -0.39 is 0 Å². The predicted molar refractivity (Wildman–Crippen MR) is 95.0 cm³/mol. The van der Waals surface area contributed by atoms with E-state index >= 15 is 0 Å². The summed E-state index contributed by atoms with van der Waals surface area (Å²) >= 11 is 0. The van der Waals surface area contributed by atoms with Gasteiger partial charge in [0.1, 0.15) is 5.82 Å². The van der Waals surface area contributed by atoms with Crippen molar-refractivity contribution in [3.8, 4) is 0 Å². The van der Waals surface area contributed by atoms with Crippen molar-refractivity contribution in [3.05, 3.63) is 17.3 Å². The molecule has 23 heavy (non-hydrogen) atoms. The van der Waals surface area contributed by atoms with Gasteiger partial charge in [-0.25, -0.2) is 4.98 Å². The summed E-state index contributed by atoms with van der Waals surface area (Å²) in [6, 6.07) is 2.33. The predicted octanol–water partition coefficient (Wildman–Crippen LogP) is 4.19. The summed E-state index contributed by atoms with van der Waals surface area (Å²) in [5.74, 6) is 2.89. The number of hydrogen-bond donors (Lipinski definition) is 1. The van der Waals surface area contributed by atoms with E-state index in [1.807, 2.05) is 0 Å². The Morgan fingerprint density at radius 1 is 1.13 bits per heavy atom. The van der Waals surface area contributed by atoms with Gasteiger partial charge < -0.3 is 4.90 Å². The number of aromatic amines is 1. The van der Waals surface area contributed by atoms with Crippen molar-refractivity contribution in [2.24, 2.45) is 11.8 Å². The summed E-state index contributed by atoms with van der Waals surface area (Å²) in [6.07, 6.45) is 5.54. The maximum atomic E-state index is 4.92. The summed E-state index contributed by atoms with van der Waals surface area (Å²) < 4.78 is 0. The lowest BCUT2D eigenvalue weighted by molar-refractivity contribution is 0.593. The Morgan fingerprint density at radius 2 is 1.74 bits per heavy atom. The van der Waals surface area contributed by atoms with Crippen LogP contribution in [0.15, 0.2) is 6.07 Å². The first-order chi connectivity index (χ1) is 10.9. The minimum Gasteiger partial charge on any atom is -0.356 e. The molecule has 0 bridgehead atoms. The number of H-pyrrole nitrogens is 1. The molecule has 0 aromatic carbocycles. The van der Waals surface area contributed by atoms with Gasteiger partial charge in [0.25, 0.3) is 0 Å². The molecule has 4 rings (SSSR count). The lowest BCUT2D eigenvalue weighted by atomic mass is 9.85. The molecule has 2 heterocycles. The summed E-state index contributed by atoms with van der Waals surface area (Å²) in [5.41, 5.74) is 3.46. The van der Waals surface area contributed by atoms with Gasteiger partial charge in [0, 0.05) is 24.2 Å². The topological polar surface area (TPSA) is 44.8 Å². The Balaban J connectivity index is 1.78. The molecular weight excluding hydrogens is 284 g/mol. The molecule has 2 aliphatic carbocycles. The monoisotopic (exact) mass is 312 g/mol. The van der Waals surface area contributed by atoms with Crippen LogP contribution >= 0.6 is 0 Å². The quantitative estimate of drug-likeness (QED) is 0.900. The molecule has 0 unspecified atom stereocenters. The van der Waals surface area contributed by atoms with Gasteiger partial charge >= 0.3 is 0 Å². The Morgan fingerprint density at radius 3 is 2.26 bits per heavy atom. The van der Waals surface area contributed by atoms with E-state index in [1.54, 1.807) is 0 Å². The van der Waals surface area contributed by atoms with Crippen LogP contribution in [-0.2, 0) is 5.41 Å². The van der Waals surface area contributed by atoms with Crippen LogP contribution in [0.4, 0.5) is 5.82 Å². The highest BCUT2D eigenvalue weighted by Crippen LogP contribution is 2.38. The van der Waals surface area contributed by atoms with E-state index in [2.05, 4.69) is 48.9 Å². The number of anilines is 1. The fourth-order valence-corrected chi connectivity index (χ4v) is 3.40. The zero-order valence-corrected chi connectivity index (χ0v) is 14.8. The average Bonchev–Trinajstić information content (AvgIpc) is 3.39. The minimum absolute atomic E-state index is 0.0927. The van der Waals surface area contributed by atoms with Crippen molar-refractivity contribution >= 4 is 16.9 Å². The Kier molecular flexibility index (Phi) is 3.40. The summed E-state index contributed by atoms with van der Waals surface area (Å²) in [4.78, 5) is 7.45. The molecule has 124 valence electrons. The van der Waals surface area contributed by atoms with Crippen LogP contribution in [0, 0.1) is 18.8 Å². The number of nitrogens with one attached hydrogen (secondary N) is 1. The lowest BCUT2D eigenvalue weighted by Crippen LogP contribution is -2.29. The third-order valence-electron chi connectivity index (χ3n) is 5.17. The van der Waals surface area contributed by atoms with Gasteiger partial charge in [0.15, 0.2) is 5.65 Å². The van der Waals surface area contributed by atoms with Crippen molar-refractivity contribution in [2.45, 2.75) is 58.8 Å². The average molecular weight is 312 g/mol. The van der Waals surface area contributed by atoms with Crippen molar-refractivity contribution in [1.82, 2.24) is 15.2 Å². The number of aromatic nitrogens is 3. The standard InChI is InChI=1S/C19H28N4/c1-12-17-15(19(2,3)4)9-16(20-18(17)22-21-12)23(10-13-5-6-13)11-14-7-8-14/h9,13-14H,5-8,10-11H2,1-4H3,(H,20,21,22). The third-order valence-corrected chi connectivity index (χ3v) is 5.17. The first kappa shape index (κ1) is 15.0. The van der Waals surface area contributed by atoms with Crippen LogP contribution in [0.5, 0.6) is 0 Å². The molecule has 0 spiro atoms. The molecule has 2 saturated carbocycles. The number of aryl methyl sites for hydroxylation is 1. The second-order valence-corrected chi connectivity index (χ2v) is 8.62. The molecule has 0 saturated heterocycles. The SMILES string of the molecule is Cc1[nH]nc2nc(N(CC3CC3)CC3CC3)cc(C(C)(C)C)c12. The Bertz CT molecular complexity index is 703. The first-order valence-electron chi connectivity index (χ1n) is 9.03. The lowest BCUT2D eigenvalue weighted by Gasteiger charge is -2.27. The minimum atomic E-state index is 0.0927. The molecule has 2 fully saturated rings. The van der Waals surface area contributed by atoms with Gasteiger partial charge in [-0.05, 0) is 61.5 Å². The van der Waals surface area contributed by atoms with Gasteiger partial charge in [-0.2, -0.15) is 5.10 Å². The van der Waals surface area contributed by atoms with E-state index in [4.69, 9.17) is 4.98 Å². The smallest absolute Gasteiger partial charge is 0.183 e. The van der Waals surface area contributed by atoms with E-state index in [9.17, 15) is 0 Å². The normalized spacial score (nSPS) is 18.6. The van der Waals surface area contributed by atoms with Gasteiger partial charge in [0.05, 0.1) is 0 Å². The maximum Gasteiger partial charge on any atom is 0.183 e. The van der Waals surface area contributed by atoms with Crippen LogP contribution in [-0.4, -0.2) is 28.3 Å². The van der Waals surface area contributed by atoms with Gasteiger partial charge in [-0.1, -0.05) is 20.8 Å². The molecule has 2 aliphatic rings. The van der Waals surface area contributed by atoms with Crippen molar-refractivity contribution in [3.63, 3.8) is 0 Å². The summed E-state index contributed by atoms with van der Waals surface area (Å²) in [6.45, 7) is 11.3. The number of hydrogen-bond acceptors (Lipinski definition) is 3. The zero-order chi connectivity index (χ0) is 16.2. The molecule has 2 aromatic rings. The van der Waals surface area contributed by atoms with Crippen LogP contribution in [0.2, 0.25) is 0 Å². The number of rotatable bonds is 5. The van der Waals surface area contributed by atoms with Crippen LogP contribution < -0.4 is 4.90 Å². The van der Waals surface area contributed by atoms with E-state index in [0.717, 1.165) is 29.0 Å². The molecule has 0 atom stereocenters.